The molecule has 112 valence electrons. The summed E-state index contributed by atoms with van der Waals surface area (Å²) in [5.74, 6) is 0.839. The predicted octanol–water partition coefficient (Wildman–Crippen LogP) is 1.67. The van der Waals surface area contributed by atoms with E-state index < -0.39 is 0 Å². The van der Waals surface area contributed by atoms with Gasteiger partial charge in [0.05, 0.1) is 6.10 Å². The first kappa shape index (κ1) is 14.1. The van der Waals surface area contributed by atoms with E-state index in [1.807, 2.05) is 0 Å². The quantitative estimate of drug-likeness (QED) is 0.733. The van der Waals surface area contributed by atoms with Crippen LogP contribution in [-0.4, -0.2) is 61.1 Å². The minimum atomic E-state index is 0.346. The van der Waals surface area contributed by atoms with Gasteiger partial charge in [-0.3, -0.25) is 9.69 Å². The lowest BCUT2D eigenvalue weighted by molar-refractivity contribution is -0.133. The summed E-state index contributed by atoms with van der Waals surface area (Å²) in [5, 5.41) is 0. The zero-order valence-electron chi connectivity index (χ0n) is 12.3. The second kappa shape index (κ2) is 6.72. The Hall–Kier alpha value is -0.870. The molecule has 3 rings (SSSR count). The van der Waals surface area contributed by atoms with Crippen molar-refractivity contribution in [2.24, 2.45) is 5.92 Å². The maximum absolute atomic E-state index is 12.3. The molecule has 2 saturated heterocycles. The highest BCUT2D eigenvalue weighted by Gasteiger charge is 2.26. The molecule has 0 saturated carbocycles. The lowest BCUT2D eigenvalue weighted by Gasteiger charge is -2.36. The zero-order chi connectivity index (χ0) is 13.8. The Labute approximate surface area is 121 Å². The van der Waals surface area contributed by atoms with Crippen LogP contribution in [0.25, 0.3) is 0 Å². The third-order valence-corrected chi connectivity index (χ3v) is 4.76. The number of rotatable bonds is 4. The Bertz CT molecular complexity index is 355. The summed E-state index contributed by atoms with van der Waals surface area (Å²) in [6.45, 7) is 5.77. The summed E-state index contributed by atoms with van der Waals surface area (Å²) in [4.78, 5) is 16.8. The molecular formula is C16H26N2O2. The van der Waals surface area contributed by atoms with Crippen LogP contribution in [0.2, 0.25) is 0 Å². The highest BCUT2D eigenvalue weighted by atomic mass is 16.5. The molecular weight excluding hydrogens is 252 g/mol. The topological polar surface area (TPSA) is 32.8 Å². The summed E-state index contributed by atoms with van der Waals surface area (Å²) in [7, 11) is 0. The number of hydrogen-bond donors (Lipinski definition) is 0. The molecule has 2 unspecified atom stereocenters. The molecule has 2 fully saturated rings. The van der Waals surface area contributed by atoms with Crippen molar-refractivity contribution in [1.29, 1.82) is 0 Å². The molecule has 2 aliphatic heterocycles. The Morgan fingerprint density at radius 1 is 1.20 bits per heavy atom. The molecule has 1 aliphatic carbocycles. The molecule has 2 atom stereocenters. The van der Waals surface area contributed by atoms with Gasteiger partial charge in [0.2, 0.25) is 5.91 Å². The smallest absolute Gasteiger partial charge is 0.223 e. The van der Waals surface area contributed by atoms with Crippen LogP contribution in [0.15, 0.2) is 12.2 Å². The van der Waals surface area contributed by atoms with E-state index >= 15 is 0 Å². The van der Waals surface area contributed by atoms with Crippen molar-refractivity contribution in [3.8, 4) is 0 Å². The highest BCUT2D eigenvalue weighted by molar-refractivity contribution is 5.76. The Morgan fingerprint density at radius 3 is 2.70 bits per heavy atom. The molecule has 0 aromatic heterocycles. The van der Waals surface area contributed by atoms with Crippen molar-refractivity contribution < 1.29 is 9.53 Å². The van der Waals surface area contributed by atoms with Crippen LogP contribution in [-0.2, 0) is 9.53 Å². The van der Waals surface area contributed by atoms with Gasteiger partial charge in [-0.15, -0.1) is 0 Å². The van der Waals surface area contributed by atoms with E-state index in [1.165, 1.54) is 12.8 Å². The largest absolute Gasteiger partial charge is 0.377 e. The van der Waals surface area contributed by atoms with Crippen LogP contribution in [0.3, 0.4) is 0 Å². The third kappa shape index (κ3) is 3.61. The van der Waals surface area contributed by atoms with Crippen molar-refractivity contribution in [2.45, 2.75) is 38.2 Å². The molecule has 4 heteroatoms. The molecule has 20 heavy (non-hydrogen) atoms. The summed E-state index contributed by atoms with van der Waals surface area (Å²) in [6, 6.07) is 0. The molecule has 0 bridgehead atoms. The third-order valence-electron chi connectivity index (χ3n) is 4.76. The fraction of sp³-hybridized carbons (Fsp3) is 0.812. The van der Waals surface area contributed by atoms with Crippen LogP contribution < -0.4 is 0 Å². The molecule has 2 heterocycles. The number of ether oxygens (including phenoxy) is 1. The molecule has 4 nitrogen and oxygen atoms in total. The number of nitrogens with zero attached hydrogens (tertiary/aromatic N) is 2. The average molecular weight is 278 g/mol. The normalized spacial score (nSPS) is 31.1. The average Bonchev–Trinajstić information content (AvgIpc) is 3.13. The van der Waals surface area contributed by atoms with Gasteiger partial charge in [-0.2, -0.15) is 0 Å². The molecule has 0 aromatic rings. The van der Waals surface area contributed by atoms with Crippen LogP contribution in [0.4, 0.5) is 0 Å². The number of amides is 1. The molecule has 0 radical (unpaired) electrons. The van der Waals surface area contributed by atoms with Crippen LogP contribution in [0.5, 0.6) is 0 Å². The van der Waals surface area contributed by atoms with Gasteiger partial charge in [-0.1, -0.05) is 12.2 Å². The van der Waals surface area contributed by atoms with Gasteiger partial charge in [0.15, 0.2) is 0 Å². The van der Waals surface area contributed by atoms with E-state index in [1.54, 1.807) is 0 Å². The molecule has 0 N–H and O–H groups in total. The van der Waals surface area contributed by atoms with Gasteiger partial charge >= 0.3 is 0 Å². The molecule has 3 aliphatic rings. The summed E-state index contributed by atoms with van der Waals surface area (Å²) in [5.41, 5.74) is 0. The van der Waals surface area contributed by atoms with E-state index in [4.69, 9.17) is 4.74 Å². The Morgan fingerprint density at radius 2 is 2.05 bits per heavy atom. The van der Waals surface area contributed by atoms with Gasteiger partial charge in [0.1, 0.15) is 0 Å². The summed E-state index contributed by atoms with van der Waals surface area (Å²) < 4.78 is 5.69. The maximum atomic E-state index is 12.3. The van der Waals surface area contributed by atoms with E-state index in [9.17, 15) is 4.79 Å². The van der Waals surface area contributed by atoms with E-state index in [2.05, 4.69) is 22.0 Å². The second-order valence-electron chi connectivity index (χ2n) is 6.29. The number of carbonyl (C=O) groups excluding carboxylic acids is 1. The first-order valence-electron chi connectivity index (χ1n) is 8.09. The number of allylic oxidation sites excluding steroid dienone is 2. The predicted molar refractivity (Wildman–Crippen MR) is 78.5 cm³/mol. The van der Waals surface area contributed by atoms with Gasteiger partial charge in [0, 0.05) is 45.8 Å². The van der Waals surface area contributed by atoms with Crippen molar-refractivity contribution in [3.05, 3.63) is 12.2 Å². The standard InChI is InChI=1S/C16H26N2O2/c19-16(12-14-4-1-2-5-14)18-9-7-17(8-10-18)13-15-6-3-11-20-15/h1,4,14-15H,2-3,5-13H2. The minimum absolute atomic E-state index is 0.346. The van der Waals surface area contributed by atoms with Gasteiger partial charge in [0.25, 0.3) is 0 Å². The minimum Gasteiger partial charge on any atom is -0.377 e. The van der Waals surface area contributed by atoms with Crippen molar-refractivity contribution >= 4 is 5.91 Å². The summed E-state index contributed by atoms with van der Waals surface area (Å²) in [6.07, 6.45) is 10.3. The van der Waals surface area contributed by atoms with Crippen molar-refractivity contribution in [1.82, 2.24) is 9.80 Å². The van der Waals surface area contributed by atoms with Crippen molar-refractivity contribution in [3.63, 3.8) is 0 Å². The van der Waals surface area contributed by atoms with Gasteiger partial charge in [-0.05, 0) is 31.6 Å². The fourth-order valence-corrected chi connectivity index (χ4v) is 3.47. The zero-order valence-corrected chi connectivity index (χ0v) is 12.3. The monoisotopic (exact) mass is 278 g/mol. The maximum Gasteiger partial charge on any atom is 0.223 e. The molecule has 0 aromatic carbocycles. The van der Waals surface area contributed by atoms with Crippen LogP contribution >= 0.6 is 0 Å². The van der Waals surface area contributed by atoms with Crippen molar-refractivity contribution in [2.75, 3.05) is 39.3 Å². The number of carbonyl (C=O) groups is 1. The molecule has 0 spiro atoms. The number of piperazine rings is 1. The highest BCUT2D eigenvalue weighted by Crippen LogP contribution is 2.22. The first-order chi connectivity index (χ1) is 9.81. The SMILES string of the molecule is O=C(CC1C=CCC1)N1CCN(CC2CCCO2)CC1. The van der Waals surface area contributed by atoms with Crippen LogP contribution in [0.1, 0.15) is 32.1 Å². The van der Waals surface area contributed by atoms with Gasteiger partial charge < -0.3 is 9.64 Å². The lowest BCUT2D eigenvalue weighted by Crippen LogP contribution is -2.50. The van der Waals surface area contributed by atoms with E-state index in [-0.39, 0.29) is 0 Å². The Balaban J connectivity index is 1.38. The Kier molecular flexibility index (Phi) is 4.73. The van der Waals surface area contributed by atoms with Gasteiger partial charge in [-0.25, -0.2) is 0 Å². The summed E-state index contributed by atoms with van der Waals surface area (Å²) >= 11 is 0. The first-order valence-corrected chi connectivity index (χ1v) is 8.09. The molecule has 1 amide bonds. The fourth-order valence-electron chi connectivity index (χ4n) is 3.47. The van der Waals surface area contributed by atoms with E-state index in [0.717, 1.165) is 52.2 Å². The second-order valence-corrected chi connectivity index (χ2v) is 6.29. The van der Waals surface area contributed by atoms with E-state index in [0.29, 0.717) is 24.3 Å². The van der Waals surface area contributed by atoms with Crippen LogP contribution in [0, 0.1) is 5.92 Å². The number of hydrogen-bond acceptors (Lipinski definition) is 3. The lowest BCUT2D eigenvalue weighted by atomic mass is 10.0.